The van der Waals surface area contributed by atoms with Crippen LogP contribution in [0.3, 0.4) is 0 Å². The highest BCUT2D eigenvalue weighted by molar-refractivity contribution is 5.92. The Kier molecular flexibility index (Phi) is 4.32. The molecule has 0 atom stereocenters. The summed E-state index contributed by atoms with van der Waals surface area (Å²) in [6.45, 7) is -0.134. The van der Waals surface area contributed by atoms with Gasteiger partial charge in [0.15, 0.2) is 6.61 Å². The molecule has 0 bridgehead atoms. The molecule has 86 valence electrons. The highest BCUT2D eigenvalue weighted by Crippen LogP contribution is 2.18. The van der Waals surface area contributed by atoms with Gasteiger partial charge in [0, 0.05) is 7.05 Å². The number of hydrogen-bond donors (Lipinski definition) is 1. The second-order valence-corrected chi connectivity index (χ2v) is 2.95. The van der Waals surface area contributed by atoms with Crippen molar-refractivity contribution in [1.82, 2.24) is 5.32 Å². The molecule has 0 spiro atoms. The Morgan fingerprint density at radius 1 is 1.31 bits per heavy atom. The van der Waals surface area contributed by atoms with Gasteiger partial charge in [0.2, 0.25) is 0 Å². The van der Waals surface area contributed by atoms with Crippen molar-refractivity contribution in [2.45, 2.75) is 0 Å². The molecule has 0 heterocycles. The van der Waals surface area contributed by atoms with E-state index in [9.17, 15) is 9.59 Å². The summed E-state index contributed by atoms with van der Waals surface area (Å²) in [6, 6.07) is 6.59. The highest BCUT2D eigenvalue weighted by atomic mass is 16.5. The Morgan fingerprint density at radius 2 is 2.00 bits per heavy atom. The Balaban J connectivity index is 2.79. The van der Waals surface area contributed by atoms with Crippen LogP contribution in [0.4, 0.5) is 0 Å². The van der Waals surface area contributed by atoms with E-state index in [0.717, 1.165) is 0 Å². The van der Waals surface area contributed by atoms with Crippen molar-refractivity contribution in [3.8, 4) is 5.75 Å². The molecule has 1 amide bonds. The Morgan fingerprint density at radius 3 is 2.62 bits per heavy atom. The SMILES string of the molecule is CNC(=O)COc1ccccc1C(=O)OC. The third-order valence-electron chi connectivity index (χ3n) is 1.93. The lowest BCUT2D eigenvalue weighted by Crippen LogP contribution is -2.25. The summed E-state index contributed by atoms with van der Waals surface area (Å²) in [5.41, 5.74) is 0.300. The number of esters is 1. The molecule has 1 aromatic rings. The molecule has 0 saturated heterocycles. The van der Waals surface area contributed by atoms with Crippen LogP contribution in [0.15, 0.2) is 24.3 Å². The molecule has 0 aliphatic rings. The monoisotopic (exact) mass is 223 g/mol. The lowest BCUT2D eigenvalue weighted by atomic mass is 10.2. The van der Waals surface area contributed by atoms with Crippen molar-refractivity contribution >= 4 is 11.9 Å². The summed E-state index contributed by atoms with van der Waals surface area (Å²) in [5, 5.41) is 2.42. The molecule has 0 unspecified atom stereocenters. The van der Waals surface area contributed by atoms with E-state index < -0.39 is 5.97 Å². The molecule has 1 aromatic carbocycles. The van der Waals surface area contributed by atoms with Crippen LogP contribution in [0.2, 0.25) is 0 Å². The smallest absolute Gasteiger partial charge is 0.341 e. The number of nitrogens with one attached hydrogen (secondary N) is 1. The number of hydrogen-bond acceptors (Lipinski definition) is 4. The maximum atomic E-state index is 11.3. The molecule has 0 saturated carbocycles. The van der Waals surface area contributed by atoms with E-state index in [0.29, 0.717) is 11.3 Å². The van der Waals surface area contributed by atoms with E-state index in [-0.39, 0.29) is 12.5 Å². The minimum Gasteiger partial charge on any atom is -0.483 e. The van der Waals surface area contributed by atoms with Gasteiger partial charge in [-0.3, -0.25) is 4.79 Å². The summed E-state index contributed by atoms with van der Waals surface area (Å²) in [6.07, 6.45) is 0. The fourth-order valence-corrected chi connectivity index (χ4v) is 1.09. The van der Waals surface area contributed by atoms with Crippen molar-refractivity contribution in [3.05, 3.63) is 29.8 Å². The van der Waals surface area contributed by atoms with Crippen molar-refractivity contribution in [1.29, 1.82) is 0 Å². The second-order valence-electron chi connectivity index (χ2n) is 2.95. The van der Waals surface area contributed by atoms with Gasteiger partial charge < -0.3 is 14.8 Å². The third-order valence-corrected chi connectivity index (χ3v) is 1.93. The molecule has 0 aromatic heterocycles. The van der Waals surface area contributed by atoms with Crippen LogP contribution >= 0.6 is 0 Å². The van der Waals surface area contributed by atoms with E-state index in [1.165, 1.54) is 14.2 Å². The van der Waals surface area contributed by atoms with Crippen molar-refractivity contribution in [3.63, 3.8) is 0 Å². The summed E-state index contributed by atoms with van der Waals surface area (Å²) in [4.78, 5) is 22.3. The average Bonchev–Trinajstić information content (AvgIpc) is 2.35. The van der Waals surface area contributed by atoms with Crippen LogP contribution in [0, 0.1) is 0 Å². The maximum Gasteiger partial charge on any atom is 0.341 e. The number of benzene rings is 1. The van der Waals surface area contributed by atoms with Gasteiger partial charge in [-0.1, -0.05) is 12.1 Å². The van der Waals surface area contributed by atoms with Gasteiger partial charge in [-0.25, -0.2) is 4.79 Å². The van der Waals surface area contributed by atoms with Gasteiger partial charge in [0.1, 0.15) is 11.3 Å². The number of carbonyl (C=O) groups is 2. The van der Waals surface area contributed by atoms with Crippen molar-refractivity contribution in [2.75, 3.05) is 20.8 Å². The van der Waals surface area contributed by atoms with Gasteiger partial charge >= 0.3 is 5.97 Å². The number of carbonyl (C=O) groups excluding carboxylic acids is 2. The molecule has 0 aliphatic carbocycles. The fraction of sp³-hybridized carbons (Fsp3) is 0.273. The summed E-state index contributed by atoms with van der Waals surface area (Å²) in [5.74, 6) is -0.426. The first-order valence-corrected chi connectivity index (χ1v) is 4.69. The van der Waals surface area contributed by atoms with Gasteiger partial charge in [-0.15, -0.1) is 0 Å². The van der Waals surface area contributed by atoms with Crippen LogP contribution in [-0.4, -0.2) is 32.6 Å². The molecule has 0 radical (unpaired) electrons. The van der Waals surface area contributed by atoms with Gasteiger partial charge in [-0.05, 0) is 12.1 Å². The normalized spacial score (nSPS) is 9.38. The summed E-state index contributed by atoms with van der Waals surface area (Å²) in [7, 11) is 2.80. The molecule has 16 heavy (non-hydrogen) atoms. The zero-order valence-electron chi connectivity index (χ0n) is 9.15. The number of amides is 1. The average molecular weight is 223 g/mol. The Labute approximate surface area is 93.4 Å². The van der Waals surface area contributed by atoms with Crippen molar-refractivity contribution < 1.29 is 19.1 Å². The minimum atomic E-state index is -0.493. The predicted molar refractivity (Wildman–Crippen MR) is 57.3 cm³/mol. The Bertz CT molecular complexity index is 389. The molecule has 5 heteroatoms. The van der Waals surface area contributed by atoms with E-state index in [2.05, 4.69) is 10.1 Å². The lowest BCUT2D eigenvalue weighted by molar-refractivity contribution is -0.122. The van der Waals surface area contributed by atoms with Crippen LogP contribution in [0.1, 0.15) is 10.4 Å². The third kappa shape index (κ3) is 2.98. The second kappa shape index (κ2) is 5.75. The molecule has 0 aliphatic heterocycles. The maximum absolute atomic E-state index is 11.3. The number of likely N-dealkylation sites (N-methyl/N-ethyl adjacent to an activating group) is 1. The molecular formula is C11H13NO4. The number of para-hydroxylation sites is 1. The lowest BCUT2D eigenvalue weighted by Gasteiger charge is -2.08. The molecule has 1 N–H and O–H groups in total. The van der Waals surface area contributed by atoms with Crippen LogP contribution in [0.25, 0.3) is 0 Å². The van der Waals surface area contributed by atoms with E-state index in [1.807, 2.05) is 0 Å². The summed E-state index contributed by atoms with van der Waals surface area (Å²) >= 11 is 0. The molecular weight excluding hydrogens is 210 g/mol. The predicted octanol–water partition coefficient (Wildman–Crippen LogP) is 0.598. The minimum absolute atomic E-state index is 0.134. The summed E-state index contributed by atoms with van der Waals surface area (Å²) < 4.78 is 9.79. The number of ether oxygens (including phenoxy) is 2. The zero-order valence-corrected chi connectivity index (χ0v) is 9.15. The quantitative estimate of drug-likeness (QED) is 0.759. The first-order chi connectivity index (χ1) is 7.69. The Hall–Kier alpha value is -2.04. The number of rotatable bonds is 4. The zero-order chi connectivity index (χ0) is 12.0. The van der Waals surface area contributed by atoms with E-state index >= 15 is 0 Å². The van der Waals surface area contributed by atoms with Gasteiger partial charge in [0.25, 0.3) is 5.91 Å². The largest absolute Gasteiger partial charge is 0.483 e. The van der Waals surface area contributed by atoms with Crippen molar-refractivity contribution in [2.24, 2.45) is 0 Å². The van der Waals surface area contributed by atoms with Gasteiger partial charge in [0.05, 0.1) is 7.11 Å². The first-order valence-electron chi connectivity index (χ1n) is 4.69. The first kappa shape index (κ1) is 12.0. The van der Waals surface area contributed by atoms with Crippen LogP contribution in [0.5, 0.6) is 5.75 Å². The molecule has 1 rings (SSSR count). The highest BCUT2D eigenvalue weighted by Gasteiger charge is 2.12. The standard InChI is InChI=1S/C11H13NO4/c1-12-10(13)7-16-9-6-4-3-5-8(9)11(14)15-2/h3-6H,7H2,1-2H3,(H,12,13). The molecule has 0 fully saturated rings. The van der Waals surface area contributed by atoms with Crippen LogP contribution < -0.4 is 10.1 Å². The van der Waals surface area contributed by atoms with Crippen LogP contribution in [-0.2, 0) is 9.53 Å². The van der Waals surface area contributed by atoms with Gasteiger partial charge in [-0.2, -0.15) is 0 Å². The van der Waals surface area contributed by atoms with E-state index in [1.54, 1.807) is 24.3 Å². The fourth-order valence-electron chi connectivity index (χ4n) is 1.09. The molecule has 5 nitrogen and oxygen atoms in total. The van der Waals surface area contributed by atoms with E-state index in [4.69, 9.17) is 4.74 Å². The number of methoxy groups -OCH3 is 1. The topological polar surface area (TPSA) is 64.6 Å².